The molecule has 0 radical (unpaired) electrons. The molecular formula is C32H37N5O8S. The van der Waals surface area contributed by atoms with Crippen molar-refractivity contribution in [2.75, 3.05) is 13.2 Å². The second-order valence-corrected chi connectivity index (χ2v) is 12.7. The Kier molecular flexibility index (Phi) is 9.58. The van der Waals surface area contributed by atoms with E-state index in [2.05, 4.69) is 11.9 Å². The number of carboxylic acid groups (broad SMARTS) is 1. The van der Waals surface area contributed by atoms with Crippen molar-refractivity contribution in [1.82, 2.24) is 25.2 Å². The average molecular weight is 652 g/mol. The number of rotatable bonds is 12. The van der Waals surface area contributed by atoms with Crippen LogP contribution in [0, 0.1) is 11.8 Å². The van der Waals surface area contributed by atoms with E-state index in [1.165, 1.54) is 22.3 Å². The number of thiophene rings is 1. The van der Waals surface area contributed by atoms with E-state index < -0.39 is 59.4 Å². The summed E-state index contributed by atoms with van der Waals surface area (Å²) in [6, 6.07) is 8.50. The second kappa shape index (κ2) is 13.4. The lowest BCUT2D eigenvalue weighted by molar-refractivity contribution is -0.162. The molecule has 2 unspecified atom stereocenters. The van der Waals surface area contributed by atoms with Gasteiger partial charge in [0.05, 0.1) is 29.1 Å². The average Bonchev–Trinajstić information content (AvgIpc) is 3.33. The van der Waals surface area contributed by atoms with Gasteiger partial charge < -0.3 is 24.8 Å². The van der Waals surface area contributed by atoms with E-state index in [0.717, 1.165) is 4.88 Å². The monoisotopic (exact) mass is 651 g/mol. The molecule has 14 heteroatoms. The minimum atomic E-state index is -1.53. The summed E-state index contributed by atoms with van der Waals surface area (Å²) in [6.07, 6.45) is 0.276. The number of carbonyl (C=O) groups excluding carboxylic acids is 3. The maximum Gasteiger partial charge on any atom is 0.434 e. The van der Waals surface area contributed by atoms with E-state index in [-0.39, 0.29) is 36.9 Å². The summed E-state index contributed by atoms with van der Waals surface area (Å²) in [5.74, 6) is -3.47. The molecular weight excluding hydrogens is 614 g/mol. The molecule has 13 nitrogen and oxygen atoms in total. The van der Waals surface area contributed by atoms with Crippen LogP contribution in [-0.2, 0) is 19.1 Å². The van der Waals surface area contributed by atoms with Gasteiger partial charge in [0.2, 0.25) is 17.7 Å². The number of benzene rings is 1. The van der Waals surface area contributed by atoms with E-state index in [0.29, 0.717) is 23.1 Å². The molecule has 1 aromatic carbocycles. The van der Waals surface area contributed by atoms with Gasteiger partial charge in [0.25, 0.3) is 0 Å². The lowest BCUT2D eigenvalue weighted by Crippen LogP contribution is -2.57. The van der Waals surface area contributed by atoms with Crippen LogP contribution < -0.4 is 10.1 Å². The third kappa shape index (κ3) is 6.40. The number of aliphatic carboxylic acids is 1. The van der Waals surface area contributed by atoms with Gasteiger partial charge in [0, 0.05) is 12.3 Å². The van der Waals surface area contributed by atoms with Crippen molar-refractivity contribution >= 4 is 46.2 Å². The number of hydrogen-bond acceptors (Lipinski definition) is 10. The summed E-state index contributed by atoms with van der Waals surface area (Å²) in [5.41, 5.74) is 0.215. The van der Waals surface area contributed by atoms with E-state index in [4.69, 9.17) is 19.4 Å². The number of hydrogen-bond donors (Lipinski definition) is 3. The van der Waals surface area contributed by atoms with Gasteiger partial charge in [-0.3, -0.25) is 14.8 Å². The summed E-state index contributed by atoms with van der Waals surface area (Å²) >= 11 is 1.45. The molecule has 1 saturated heterocycles. The Bertz CT molecular complexity index is 1630. The van der Waals surface area contributed by atoms with Crippen molar-refractivity contribution in [2.45, 2.75) is 63.8 Å². The molecule has 1 saturated carbocycles. The van der Waals surface area contributed by atoms with Crippen LogP contribution >= 0.6 is 11.3 Å². The van der Waals surface area contributed by atoms with Crippen molar-refractivity contribution < 1.29 is 39.0 Å². The van der Waals surface area contributed by atoms with E-state index in [1.807, 2.05) is 35.7 Å². The first-order valence-electron chi connectivity index (χ1n) is 15.1. The minimum absolute atomic E-state index is 0.0130. The fourth-order valence-electron chi connectivity index (χ4n) is 5.70. The first-order valence-corrected chi connectivity index (χ1v) is 16.0. The molecule has 5 rings (SSSR count). The fraction of sp³-hybridized carbons (Fsp3) is 0.438. The number of amides is 3. The third-order valence-corrected chi connectivity index (χ3v) is 9.09. The van der Waals surface area contributed by atoms with Crippen molar-refractivity contribution in [3.05, 3.63) is 54.4 Å². The molecule has 5 atom stereocenters. The highest BCUT2D eigenvalue weighted by Crippen LogP contribution is 2.45. The van der Waals surface area contributed by atoms with E-state index in [9.17, 15) is 29.5 Å². The van der Waals surface area contributed by atoms with Crippen LogP contribution in [0.4, 0.5) is 4.79 Å². The van der Waals surface area contributed by atoms with Crippen LogP contribution in [-0.4, -0.2) is 91.0 Å². The smallest absolute Gasteiger partial charge is 0.434 e. The zero-order chi connectivity index (χ0) is 33.2. The number of nitrogens with one attached hydrogen (secondary N) is 1. The van der Waals surface area contributed by atoms with E-state index >= 15 is 0 Å². The van der Waals surface area contributed by atoms with Gasteiger partial charge in [0.15, 0.2) is 0 Å². The molecule has 1 aliphatic carbocycles. The first-order chi connectivity index (χ1) is 22.0. The van der Waals surface area contributed by atoms with Gasteiger partial charge in [-0.2, -0.15) is 5.06 Å². The lowest BCUT2D eigenvalue weighted by atomic mass is 10.0. The Balaban J connectivity index is 1.47. The lowest BCUT2D eigenvalue weighted by Gasteiger charge is -2.33. The van der Waals surface area contributed by atoms with Gasteiger partial charge in [-0.1, -0.05) is 45.0 Å². The molecule has 2 aromatic heterocycles. The number of ether oxygens (including phenoxy) is 2. The molecule has 3 N–H and O–H groups in total. The molecule has 0 bridgehead atoms. The number of carboxylic acids is 1. The van der Waals surface area contributed by atoms with Gasteiger partial charge in [-0.25, -0.2) is 19.6 Å². The Morgan fingerprint density at radius 3 is 2.50 bits per heavy atom. The summed E-state index contributed by atoms with van der Waals surface area (Å²) in [5, 5.41) is 25.5. The molecule has 46 heavy (non-hydrogen) atoms. The molecule has 244 valence electrons. The van der Waals surface area contributed by atoms with Gasteiger partial charge in [-0.15, -0.1) is 17.9 Å². The number of likely N-dealkylation sites (tertiary alicyclic amines) is 1. The molecule has 3 aromatic rings. The molecule has 1 aliphatic heterocycles. The number of carbonyl (C=O) groups is 4. The first kappa shape index (κ1) is 32.8. The highest BCUT2D eigenvalue weighted by Gasteiger charge is 2.61. The predicted molar refractivity (Wildman–Crippen MR) is 168 cm³/mol. The number of fused-ring (bicyclic) bond motifs is 1. The van der Waals surface area contributed by atoms with Gasteiger partial charge in [-0.05, 0) is 42.3 Å². The van der Waals surface area contributed by atoms with Crippen LogP contribution in [0.2, 0.25) is 0 Å². The van der Waals surface area contributed by atoms with E-state index in [1.54, 1.807) is 26.8 Å². The standard InChI is InChI=1S/C32H37N5O8S/c1-5-13-44-31(42)37(43)26(18(3)4)29(39)36-17-20(15-23(36)27(38)35-32(30(40)41)16-19(32)6-2)45-28-25(24-12-9-14-46-24)33-21-10-7-8-11-22(21)34-28/h6-12,14,18-20,23,26,43H,2,5,13,15-17H2,1,3-4H3,(H,35,38)(H,40,41)/t19-,20-,23+,26?,32?/m1/s1. The number of hydroxylamine groups is 2. The third-order valence-electron chi connectivity index (χ3n) is 8.21. The number of para-hydroxylation sites is 2. The maximum absolute atomic E-state index is 14.1. The second-order valence-electron chi connectivity index (χ2n) is 11.8. The minimum Gasteiger partial charge on any atom is -0.479 e. The topological polar surface area (TPSA) is 171 Å². The Morgan fingerprint density at radius 1 is 1.20 bits per heavy atom. The van der Waals surface area contributed by atoms with Crippen LogP contribution in [0.3, 0.4) is 0 Å². The molecule has 2 fully saturated rings. The number of aromatic nitrogens is 2. The quantitative estimate of drug-likeness (QED) is 0.147. The predicted octanol–water partition coefficient (Wildman–Crippen LogP) is 4.11. The van der Waals surface area contributed by atoms with Crippen LogP contribution in [0.1, 0.15) is 40.0 Å². The highest BCUT2D eigenvalue weighted by molar-refractivity contribution is 7.13. The zero-order valence-electron chi connectivity index (χ0n) is 25.8. The van der Waals surface area contributed by atoms with Crippen molar-refractivity contribution in [3.8, 4) is 16.5 Å². The molecule has 0 spiro atoms. The summed E-state index contributed by atoms with van der Waals surface area (Å²) in [4.78, 5) is 64.2. The highest BCUT2D eigenvalue weighted by atomic mass is 32.1. The molecule has 3 heterocycles. The zero-order valence-corrected chi connectivity index (χ0v) is 26.6. The summed E-state index contributed by atoms with van der Waals surface area (Å²) < 4.78 is 11.4. The largest absolute Gasteiger partial charge is 0.479 e. The van der Waals surface area contributed by atoms with Crippen LogP contribution in [0.25, 0.3) is 21.6 Å². The van der Waals surface area contributed by atoms with Crippen LogP contribution in [0.5, 0.6) is 5.88 Å². The van der Waals surface area contributed by atoms with Gasteiger partial charge >= 0.3 is 12.1 Å². The molecule has 2 aliphatic rings. The normalized spacial score (nSPS) is 22.7. The van der Waals surface area contributed by atoms with Crippen molar-refractivity contribution in [3.63, 3.8) is 0 Å². The summed E-state index contributed by atoms with van der Waals surface area (Å²) in [7, 11) is 0. The Morgan fingerprint density at radius 2 is 1.91 bits per heavy atom. The Hall–Kier alpha value is -4.56. The van der Waals surface area contributed by atoms with Gasteiger partial charge in [0.1, 0.15) is 29.4 Å². The molecule has 3 amide bonds. The van der Waals surface area contributed by atoms with Crippen molar-refractivity contribution in [1.29, 1.82) is 0 Å². The summed E-state index contributed by atoms with van der Waals surface area (Å²) in [6.45, 7) is 8.69. The van der Waals surface area contributed by atoms with Crippen LogP contribution in [0.15, 0.2) is 54.4 Å². The fourth-order valence-corrected chi connectivity index (χ4v) is 6.41. The maximum atomic E-state index is 14.1. The van der Waals surface area contributed by atoms with Crippen molar-refractivity contribution in [2.24, 2.45) is 11.8 Å². The Labute approximate surface area is 269 Å². The number of nitrogens with zero attached hydrogens (tertiary/aromatic N) is 4. The SMILES string of the molecule is C=C[C@@H]1CC1(NC(=O)[C@@H]1C[C@@H](Oc2nc3ccccc3nc2-c2cccs2)CN1C(=O)C(C(C)C)N(O)C(=O)OCCC)C(=O)O.